The van der Waals surface area contributed by atoms with Gasteiger partial charge >= 0.3 is 0 Å². The van der Waals surface area contributed by atoms with Gasteiger partial charge < -0.3 is 4.74 Å². The van der Waals surface area contributed by atoms with E-state index in [0.717, 1.165) is 36.3 Å². The van der Waals surface area contributed by atoms with Gasteiger partial charge in [-0.1, -0.05) is 74.1 Å². The fourth-order valence-corrected chi connectivity index (χ4v) is 3.97. The molecule has 1 saturated heterocycles. The second-order valence-corrected chi connectivity index (χ2v) is 7.70. The molecule has 0 spiro atoms. The molecule has 2 aromatic rings. The third-order valence-corrected chi connectivity index (χ3v) is 5.37. The maximum atomic E-state index is 12.6. The lowest BCUT2D eigenvalue weighted by Gasteiger charge is -2.13. The summed E-state index contributed by atoms with van der Waals surface area (Å²) < 4.78 is 6.51. The van der Waals surface area contributed by atoms with Gasteiger partial charge in [-0.2, -0.15) is 0 Å². The molecule has 0 N–H and O–H groups in total. The van der Waals surface area contributed by atoms with Crippen molar-refractivity contribution in [1.82, 2.24) is 4.90 Å². The van der Waals surface area contributed by atoms with Crippen LogP contribution in [0, 0.1) is 0 Å². The summed E-state index contributed by atoms with van der Waals surface area (Å²) in [5.41, 5.74) is 0.924. The summed E-state index contributed by atoms with van der Waals surface area (Å²) in [6, 6.07) is 17.4. The molecule has 134 valence electrons. The number of hydrogen-bond acceptors (Lipinski definition) is 4. The molecular formula is C21H21NO2S2. The van der Waals surface area contributed by atoms with E-state index in [2.05, 4.69) is 6.92 Å². The molecule has 1 aliphatic rings. The number of carbonyl (C=O) groups excluding carboxylic acids is 1. The molecule has 0 aliphatic carbocycles. The predicted octanol–water partition coefficient (Wildman–Crippen LogP) is 5.87. The van der Waals surface area contributed by atoms with E-state index in [4.69, 9.17) is 17.0 Å². The highest BCUT2D eigenvalue weighted by molar-refractivity contribution is 8.26. The summed E-state index contributed by atoms with van der Waals surface area (Å²) in [5.74, 6) is 1.53. The van der Waals surface area contributed by atoms with Crippen LogP contribution in [0.4, 0.5) is 0 Å². The van der Waals surface area contributed by atoms with Crippen molar-refractivity contribution in [2.24, 2.45) is 0 Å². The van der Waals surface area contributed by atoms with Gasteiger partial charge in [0.15, 0.2) is 0 Å². The van der Waals surface area contributed by atoms with Gasteiger partial charge in [-0.05, 0) is 42.3 Å². The average molecular weight is 384 g/mol. The highest BCUT2D eigenvalue weighted by atomic mass is 32.2. The number of thiocarbonyl (C=S) groups is 1. The molecule has 0 aromatic heterocycles. The van der Waals surface area contributed by atoms with Crippen LogP contribution in [0.15, 0.2) is 59.5 Å². The average Bonchev–Trinajstić information content (AvgIpc) is 2.90. The molecule has 0 unspecified atom stereocenters. The molecule has 1 fully saturated rings. The smallest absolute Gasteiger partial charge is 0.266 e. The Bertz CT molecular complexity index is 818. The van der Waals surface area contributed by atoms with E-state index in [0.29, 0.717) is 15.8 Å². The van der Waals surface area contributed by atoms with Crippen LogP contribution < -0.4 is 4.74 Å². The topological polar surface area (TPSA) is 29.5 Å². The molecule has 5 heteroatoms. The lowest BCUT2D eigenvalue weighted by molar-refractivity contribution is -0.122. The first-order valence-electron chi connectivity index (χ1n) is 8.75. The Labute approximate surface area is 164 Å². The van der Waals surface area contributed by atoms with Gasteiger partial charge in [0.1, 0.15) is 15.8 Å². The molecule has 1 aliphatic heterocycles. The number of hydrogen-bond donors (Lipinski definition) is 0. The number of ether oxygens (including phenoxy) is 1. The zero-order valence-corrected chi connectivity index (χ0v) is 16.3. The Kier molecular flexibility index (Phi) is 6.47. The van der Waals surface area contributed by atoms with Gasteiger partial charge in [-0.3, -0.25) is 9.69 Å². The van der Waals surface area contributed by atoms with E-state index < -0.39 is 0 Å². The van der Waals surface area contributed by atoms with Crippen molar-refractivity contribution in [3.8, 4) is 11.5 Å². The molecule has 3 nitrogen and oxygen atoms in total. The molecule has 0 saturated carbocycles. The van der Waals surface area contributed by atoms with Gasteiger partial charge in [0.05, 0.1) is 4.91 Å². The van der Waals surface area contributed by atoms with Crippen LogP contribution in [0.3, 0.4) is 0 Å². The number of para-hydroxylation sites is 1. The summed E-state index contributed by atoms with van der Waals surface area (Å²) in [4.78, 5) is 15.0. The zero-order valence-electron chi connectivity index (χ0n) is 14.7. The molecular weight excluding hydrogens is 362 g/mol. The number of amides is 1. The first-order valence-corrected chi connectivity index (χ1v) is 9.98. The quantitative estimate of drug-likeness (QED) is 0.340. The van der Waals surface area contributed by atoms with E-state index >= 15 is 0 Å². The monoisotopic (exact) mass is 383 g/mol. The molecule has 2 aromatic carbocycles. The summed E-state index contributed by atoms with van der Waals surface area (Å²) >= 11 is 6.75. The highest BCUT2D eigenvalue weighted by Crippen LogP contribution is 2.33. The number of rotatable bonds is 7. The minimum Gasteiger partial charge on any atom is -0.457 e. The van der Waals surface area contributed by atoms with Crippen LogP contribution in [0.25, 0.3) is 6.08 Å². The normalized spacial score (nSPS) is 15.7. The first-order chi connectivity index (χ1) is 12.7. The minimum atomic E-state index is 0.00508. The van der Waals surface area contributed by atoms with Gasteiger partial charge in [0.2, 0.25) is 0 Å². The lowest BCUT2D eigenvalue weighted by atomic mass is 10.2. The van der Waals surface area contributed by atoms with Crippen molar-refractivity contribution < 1.29 is 9.53 Å². The first kappa shape index (κ1) is 18.7. The van der Waals surface area contributed by atoms with Gasteiger partial charge in [0, 0.05) is 6.54 Å². The third kappa shape index (κ3) is 4.74. The second-order valence-electron chi connectivity index (χ2n) is 6.03. The van der Waals surface area contributed by atoms with Crippen molar-refractivity contribution in [2.45, 2.75) is 26.2 Å². The van der Waals surface area contributed by atoms with Crippen LogP contribution >= 0.6 is 24.0 Å². The minimum absolute atomic E-state index is 0.00508. The van der Waals surface area contributed by atoms with Crippen LogP contribution in [-0.4, -0.2) is 21.7 Å². The fraction of sp³-hybridized carbons (Fsp3) is 0.238. The van der Waals surface area contributed by atoms with Crippen molar-refractivity contribution in [1.29, 1.82) is 0 Å². The van der Waals surface area contributed by atoms with Crippen LogP contribution in [0.1, 0.15) is 31.7 Å². The summed E-state index contributed by atoms with van der Waals surface area (Å²) in [6.07, 6.45) is 5.10. The Balaban J connectivity index is 1.72. The number of thioether (sulfide) groups is 1. The van der Waals surface area contributed by atoms with Crippen molar-refractivity contribution >= 4 is 40.3 Å². The Morgan fingerprint density at radius 3 is 2.62 bits per heavy atom. The van der Waals surface area contributed by atoms with E-state index in [1.54, 1.807) is 4.90 Å². The molecule has 0 bridgehead atoms. The predicted molar refractivity (Wildman–Crippen MR) is 112 cm³/mol. The molecule has 1 heterocycles. The Morgan fingerprint density at radius 1 is 1.08 bits per heavy atom. The van der Waals surface area contributed by atoms with Gasteiger partial charge in [0.25, 0.3) is 5.91 Å². The van der Waals surface area contributed by atoms with Gasteiger partial charge in [-0.25, -0.2) is 0 Å². The standard InChI is InChI=1S/C21H21NO2S2/c1-2-3-7-13-22-20(23)19(26-21(22)25)15-16-9-8-12-18(14-16)24-17-10-5-4-6-11-17/h4-6,8-12,14-15H,2-3,7,13H2,1H3/b19-15+. The van der Waals surface area contributed by atoms with Crippen LogP contribution in [-0.2, 0) is 4.79 Å². The fourth-order valence-electron chi connectivity index (χ4n) is 2.66. The molecule has 1 amide bonds. The maximum Gasteiger partial charge on any atom is 0.266 e. The highest BCUT2D eigenvalue weighted by Gasteiger charge is 2.31. The third-order valence-electron chi connectivity index (χ3n) is 3.99. The van der Waals surface area contributed by atoms with E-state index in [9.17, 15) is 4.79 Å². The number of nitrogens with zero attached hydrogens (tertiary/aromatic N) is 1. The number of unbranched alkanes of at least 4 members (excludes halogenated alkanes) is 2. The second kappa shape index (κ2) is 9.01. The molecule has 3 rings (SSSR count). The number of benzene rings is 2. The van der Waals surface area contributed by atoms with E-state index in [1.165, 1.54) is 11.8 Å². The molecule has 26 heavy (non-hydrogen) atoms. The lowest BCUT2D eigenvalue weighted by Crippen LogP contribution is -2.28. The van der Waals surface area contributed by atoms with Crippen molar-refractivity contribution in [3.05, 3.63) is 65.1 Å². The summed E-state index contributed by atoms with van der Waals surface area (Å²) in [7, 11) is 0. The zero-order chi connectivity index (χ0) is 18.4. The largest absolute Gasteiger partial charge is 0.457 e. The Hall–Kier alpha value is -2.11. The van der Waals surface area contributed by atoms with E-state index in [-0.39, 0.29) is 5.91 Å². The van der Waals surface area contributed by atoms with Crippen LogP contribution in [0.5, 0.6) is 11.5 Å². The van der Waals surface area contributed by atoms with E-state index in [1.807, 2.05) is 60.7 Å². The van der Waals surface area contributed by atoms with Gasteiger partial charge in [-0.15, -0.1) is 0 Å². The van der Waals surface area contributed by atoms with Crippen molar-refractivity contribution in [3.63, 3.8) is 0 Å². The Morgan fingerprint density at radius 2 is 1.85 bits per heavy atom. The molecule has 0 radical (unpaired) electrons. The maximum absolute atomic E-state index is 12.6. The summed E-state index contributed by atoms with van der Waals surface area (Å²) in [6.45, 7) is 2.85. The number of carbonyl (C=O) groups is 1. The summed E-state index contributed by atoms with van der Waals surface area (Å²) in [5, 5.41) is 0. The molecule has 0 atom stereocenters. The SMILES string of the molecule is CCCCCN1C(=O)/C(=C\c2cccc(Oc3ccccc3)c2)SC1=S. The van der Waals surface area contributed by atoms with Crippen LogP contribution in [0.2, 0.25) is 0 Å². The van der Waals surface area contributed by atoms with Crippen molar-refractivity contribution in [2.75, 3.05) is 6.54 Å².